The third-order valence-electron chi connectivity index (χ3n) is 3.12. The number of carbonyl (C=O) groups excluding carboxylic acids is 2. The predicted molar refractivity (Wildman–Crippen MR) is 86.5 cm³/mol. The lowest BCUT2D eigenvalue weighted by Gasteiger charge is -2.02. The second-order valence-corrected chi connectivity index (χ2v) is 5.69. The summed E-state index contributed by atoms with van der Waals surface area (Å²) in [7, 11) is 3.18. The first-order valence-electron chi connectivity index (χ1n) is 6.75. The molecule has 0 aliphatic carbocycles. The Hall–Kier alpha value is -2.94. The molecular formula is C14H14N6O2S. The lowest BCUT2D eigenvalue weighted by Crippen LogP contribution is -2.21. The molecule has 2 amide bonds. The molecule has 0 atom stereocenters. The molecule has 9 heteroatoms. The molecule has 0 spiro atoms. The molecule has 0 aliphatic rings. The number of aromatic nitrogens is 4. The third-order valence-corrected chi connectivity index (χ3v) is 4.02. The van der Waals surface area contributed by atoms with E-state index in [0.29, 0.717) is 5.69 Å². The molecule has 0 unspecified atom stereocenters. The van der Waals surface area contributed by atoms with Gasteiger partial charge in [0.05, 0.1) is 16.3 Å². The molecule has 3 aromatic heterocycles. The van der Waals surface area contributed by atoms with Gasteiger partial charge >= 0.3 is 0 Å². The van der Waals surface area contributed by atoms with Crippen molar-refractivity contribution in [2.75, 3.05) is 12.4 Å². The summed E-state index contributed by atoms with van der Waals surface area (Å²) in [5.41, 5.74) is 1.48. The smallest absolute Gasteiger partial charge is 0.276 e. The normalized spacial score (nSPS) is 10.5. The fourth-order valence-corrected chi connectivity index (χ4v) is 2.74. The minimum atomic E-state index is -0.415. The maximum absolute atomic E-state index is 12.3. The second kappa shape index (κ2) is 6.05. The highest BCUT2D eigenvalue weighted by atomic mass is 32.1. The summed E-state index contributed by atoms with van der Waals surface area (Å²) >= 11 is 1.55. The first kappa shape index (κ1) is 15.0. The number of H-pyrrole nitrogens is 1. The van der Waals surface area contributed by atoms with E-state index in [1.807, 2.05) is 17.5 Å². The van der Waals surface area contributed by atoms with E-state index in [4.69, 9.17) is 0 Å². The number of thiophene rings is 1. The molecule has 3 heterocycles. The van der Waals surface area contributed by atoms with E-state index in [2.05, 4.69) is 25.9 Å². The highest BCUT2D eigenvalue weighted by Crippen LogP contribution is 2.23. The molecule has 3 N–H and O–H groups in total. The molecule has 0 radical (unpaired) electrons. The number of nitrogens with zero attached hydrogens (tertiary/aromatic N) is 3. The molecule has 0 saturated carbocycles. The first-order chi connectivity index (χ1) is 11.1. The molecule has 0 aliphatic heterocycles. The first-order valence-corrected chi connectivity index (χ1v) is 7.63. The standard InChI is InChI=1S/C14H14N6O2S/c1-15-14(22)12-10(7-20(2)19-12)16-13(21)9-6-8(17-18-9)11-4-3-5-23-11/h3-7H,1-2H3,(H,15,22)(H,16,21)(H,17,18). The van der Waals surface area contributed by atoms with Crippen molar-refractivity contribution in [3.05, 3.63) is 41.2 Å². The van der Waals surface area contributed by atoms with Crippen molar-refractivity contribution in [3.63, 3.8) is 0 Å². The molecule has 23 heavy (non-hydrogen) atoms. The van der Waals surface area contributed by atoms with E-state index in [-0.39, 0.29) is 17.3 Å². The van der Waals surface area contributed by atoms with Gasteiger partial charge in [0, 0.05) is 20.3 Å². The van der Waals surface area contributed by atoms with Crippen LogP contribution in [0.5, 0.6) is 0 Å². The van der Waals surface area contributed by atoms with Gasteiger partial charge in [-0.1, -0.05) is 6.07 Å². The fraction of sp³-hybridized carbons (Fsp3) is 0.143. The van der Waals surface area contributed by atoms with Gasteiger partial charge in [-0.15, -0.1) is 11.3 Å². The van der Waals surface area contributed by atoms with Crippen LogP contribution in [-0.2, 0) is 7.05 Å². The number of amides is 2. The number of nitrogens with one attached hydrogen (secondary N) is 3. The van der Waals surface area contributed by atoms with Crippen LogP contribution in [0.15, 0.2) is 29.8 Å². The molecule has 0 saturated heterocycles. The highest BCUT2D eigenvalue weighted by Gasteiger charge is 2.19. The Bertz CT molecular complexity index is 849. The zero-order chi connectivity index (χ0) is 16.4. The molecule has 0 fully saturated rings. The van der Waals surface area contributed by atoms with Crippen LogP contribution in [0.2, 0.25) is 0 Å². The van der Waals surface area contributed by atoms with Gasteiger partial charge in [0.1, 0.15) is 0 Å². The maximum atomic E-state index is 12.3. The third kappa shape index (κ3) is 2.99. The summed E-state index contributed by atoms with van der Waals surface area (Å²) in [6.45, 7) is 0. The van der Waals surface area contributed by atoms with E-state index >= 15 is 0 Å². The van der Waals surface area contributed by atoms with Crippen LogP contribution in [0.3, 0.4) is 0 Å². The second-order valence-electron chi connectivity index (χ2n) is 4.74. The van der Waals surface area contributed by atoms with Gasteiger partial charge < -0.3 is 10.6 Å². The fourth-order valence-electron chi connectivity index (χ4n) is 2.05. The minimum absolute atomic E-state index is 0.150. The van der Waals surface area contributed by atoms with E-state index in [0.717, 1.165) is 10.6 Å². The highest BCUT2D eigenvalue weighted by molar-refractivity contribution is 7.13. The van der Waals surface area contributed by atoms with Crippen molar-refractivity contribution >= 4 is 28.8 Å². The van der Waals surface area contributed by atoms with Gasteiger partial charge in [-0.25, -0.2) is 0 Å². The van der Waals surface area contributed by atoms with Gasteiger partial charge in [-0.05, 0) is 17.5 Å². The van der Waals surface area contributed by atoms with Gasteiger partial charge in [0.2, 0.25) is 0 Å². The molecule has 8 nitrogen and oxygen atoms in total. The Morgan fingerprint density at radius 3 is 2.87 bits per heavy atom. The zero-order valence-electron chi connectivity index (χ0n) is 12.5. The number of hydrogen-bond donors (Lipinski definition) is 3. The van der Waals surface area contributed by atoms with E-state index < -0.39 is 5.91 Å². The van der Waals surface area contributed by atoms with Gasteiger partial charge in [-0.3, -0.25) is 19.4 Å². The Morgan fingerprint density at radius 1 is 1.35 bits per heavy atom. The van der Waals surface area contributed by atoms with Crippen LogP contribution in [0.1, 0.15) is 21.0 Å². The van der Waals surface area contributed by atoms with Crippen molar-refractivity contribution in [2.24, 2.45) is 7.05 Å². The maximum Gasteiger partial charge on any atom is 0.276 e. The molecular weight excluding hydrogens is 316 g/mol. The van der Waals surface area contributed by atoms with Crippen molar-refractivity contribution in [3.8, 4) is 10.6 Å². The van der Waals surface area contributed by atoms with Gasteiger partial charge in [-0.2, -0.15) is 10.2 Å². The van der Waals surface area contributed by atoms with Crippen LogP contribution in [0, 0.1) is 0 Å². The number of rotatable bonds is 4. The summed E-state index contributed by atoms with van der Waals surface area (Å²) in [5, 5.41) is 18.0. The van der Waals surface area contributed by atoms with Crippen molar-refractivity contribution in [1.82, 2.24) is 25.3 Å². The Balaban J connectivity index is 1.81. The number of hydrogen-bond acceptors (Lipinski definition) is 5. The molecule has 3 rings (SSSR count). The Morgan fingerprint density at radius 2 is 2.17 bits per heavy atom. The molecule has 3 aromatic rings. The van der Waals surface area contributed by atoms with E-state index in [9.17, 15) is 9.59 Å². The monoisotopic (exact) mass is 330 g/mol. The summed E-state index contributed by atoms with van der Waals surface area (Å²) in [4.78, 5) is 25.1. The summed E-state index contributed by atoms with van der Waals surface area (Å²) < 4.78 is 1.46. The molecule has 118 valence electrons. The molecule has 0 aromatic carbocycles. The number of aryl methyl sites for hydroxylation is 1. The van der Waals surface area contributed by atoms with E-state index in [1.165, 1.54) is 11.7 Å². The van der Waals surface area contributed by atoms with Gasteiger partial charge in [0.25, 0.3) is 11.8 Å². The summed E-state index contributed by atoms with van der Waals surface area (Å²) in [6, 6.07) is 5.52. The zero-order valence-corrected chi connectivity index (χ0v) is 13.3. The Labute approximate surface area is 135 Å². The summed E-state index contributed by atoms with van der Waals surface area (Å²) in [6.07, 6.45) is 1.56. The number of aromatic amines is 1. The van der Waals surface area contributed by atoms with Gasteiger partial charge in [0.15, 0.2) is 11.4 Å². The van der Waals surface area contributed by atoms with Crippen LogP contribution >= 0.6 is 11.3 Å². The minimum Gasteiger partial charge on any atom is -0.354 e. The average molecular weight is 330 g/mol. The van der Waals surface area contributed by atoms with Crippen LogP contribution < -0.4 is 10.6 Å². The summed E-state index contributed by atoms with van der Waals surface area (Å²) in [5.74, 6) is -0.788. The van der Waals surface area contributed by atoms with E-state index in [1.54, 1.807) is 30.6 Å². The predicted octanol–water partition coefficient (Wildman–Crippen LogP) is 1.48. The van der Waals surface area contributed by atoms with Crippen molar-refractivity contribution in [2.45, 2.75) is 0 Å². The topological polar surface area (TPSA) is 105 Å². The van der Waals surface area contributed by atoms with Crippen molar-refractivity contribution < 1.29 is 9.59 Å². The van der Waals surface area contributed by atoms with Crippen LogP contribution in [0.4, 0.5) is 5.69 Å². The quantitative estimate of drug-likeness (QED) is 0.674. The largest absolute Gasteiger partial charge is 0.354 e. The number of anilines is 1. The lowest BCUT2D eigenvalue weighted by molar-refractivity contribution is 0.0958. The Kier molecular flexibility index (Phi) is 3.94. The molecule has 0 bridgehead atoms. The average Bonchev–Trinajstić information content (AvgIpc) is 3.26. The van der Waals surface area contributed by atoms with Crippen LogP contribution in [-0.4, -0.2) is 38.8 Å². The lowest BCUT2D eigenvalue weighted by atomic mass is 10.3. The van der Waals surface area contributed by atoms with Crippen molar-refractivity contribution in [1.29, 1.82) is 0 Å². The SMILES string of the molecule is CNC(=O)c1nn(C)cc1NC(=O)c1cc(-c2cccs2)[nH]n1. The van der Waals surface area contributed by atoms with Crippen LogP contribution in [0.25, 0.3) is 10.6 Å². The number of carbonyl (C=O) groups is 2.